The largest absolute Gasteiger partial charge is 0.509 e. The second-order valence-corrected chi connectivity index (χ2v) is 4.61. The molecular formula is C11H16ClNO6. The van der Waals surface area contributed by atoms with E-state index in [1.54, 1.807) is 14.0 Å². The monoisotopic (exact) mass is 293 g/mol. The molecule has 1 amide bonds. The number of rotatable bonds is 6. The minimum absolute atomic E-state index is 0.0650. The fourth-order valence-electron chi connectivity index (χ4n) is 1.45. The minimum atomic E-state index is -0.762. The lowest BCUT2D eigenvalue weighted by molar-refractivity contribution is -0.111. The molecule has 0 aliphatic carbocycles. The SMILES string of the molecule is CC1OC(=O)OC1COC(=O)N(C)CCCC(=O)Cl. The van der Waals surface area contributed by atoms with Gasteiger partial charge in [-0.15, -0.1) is 0 Å². The first kappa shape index (κ1) is 15.6. The number of amides is 1. The highest BCUT2D eigenvalue weighted by Gasteiger charge is 2.34. The Morgan fingerprint density at radius 1 is 1.42 bits per heavy atom. The molecule has 2 atom stereocenters. The molecule has 0 bridgehead atoms. The number of halogens is 1. The van der Waals surface area contributed by atoms with Gasteiger partial charge >= 0.3 is 12.2 Å². The summed E-state index contributed by atoms with van der Waals surface area (Å²) in [4.78, 5) is 34.2. The molecule has 0 aromatic carbocycles. The molecule has 0 aromatic heterocycles. The van der Waals surface area contributed by atoms with Gasteiger partial charge in [0.25, 0.3) is 0 Å². The van der Waals surface area contributed by atoms with E-state index >= 15 is 0 Å². The van der Waals surface area contributed by atoms with Gasteiger partial charge in [-0.3, -0.25) is 4.79 Å². The molecule has 0 aromatic rings. The molecule has 0 N–H and O–H groups in total. The van der Waals surface area contributed by atoms with Gasteiger partial charge < -0.3 is 19.1 Å². The quantitative estimate of drug-likeness (QED) is 0.545. The first-order chi connectivity index (χ1) is 8.90. The minimum Gasteiger partial charge on any atom is -0.445 e. The number of hydrogen-bond donors (Lipinski definition) is 0. The number of carbonyl (C=O) groups excluding carboxylic acids is 3. The maximum absolute atomic E-state index is 11.6. The Bertz CT molecular complexity index is 361. The summed E-state index contributed by atoms with van der Waals surface area (Å²) in [5, 5.41) is -0.439. The van der Waals surface area contributed by atoms with Gasteiger partial charge in [0.2, 0.25) is 5.24 Å². The highest BCUT2D eigenvalue weighted by Crippen LogP contribution is 2.15. The average Bonchev–Trinajstić information content (AvgIpc) is 2.64. The van der Waals surface area contributed by atoms with Crippen LogP contribution in [-0.2, 0) is 19.0 Å². The van der Waals surface area contributed by atoms with Crippen molar-refractivity contribution < 1.29 is 28.6 Å². The molecule has 0 radical (unpaired) electrons. The van der Waals surface area contributed by atoms with Crippen LogP contribution in [-0.4, -0.2) is 54.8 Å². The highest BCUT2D eigenvalue weighted by atomic mass is 35.5. The maximum Gasteiger partial charge on any atom is 0.509 e. The van der Waals surface area contributed by atoms with Crippen molar-refractivity contribution in [3.63, 3.8) is 0 Å². The lowest BCUT2D eigenvalue weighted by Gasteiger charge is -2.18. The van der Waals surface area contributed by atoms with Crippen LogP contribution in [0.5, 0.6) is 0 Å². The zero-order valence-electron chi connectivity index (χ0n) is 10.8. The fourth-order valence-corrected chi connectivity index (χ4v) is 1.59. The molecule has 108 valence electrons. The summed E-state index contributed by atoms with van der Waals surface area (Å²) < 4.78 is 14.5. The van der Waals surface area contributed by atoms with Crippen LogP contribution in [0.3, 0.4) is 0 Å². The Hall–Kier alpha value is -1.50. The van der Waals surface area contributed by atoms with Crippen LogP contribution in [0.2, 0.25) is 0 Å². The summed E-state index contributed by atoms with van der Waals surface area (Å²) in [6.07, 6.45) is -1.69. The molecule has 1 aliphatic rings. The zero-order valence-corrected chi connectivity index (χ0v) is 11.5. The number of cyclic esters (lactones) is 2. The van der Waals surface area contributed by atoms with E-state index in [2.05, 4.69) is 0 Å². The van der Waals surface area contributed by atoms with Crippen molar-refractivity contribution >= 4 is 29.1 Å². The predicted molar refractivity (Wildman–Crippen MR) is 64.9 cm³/mol. The van der Waals surface area contributed by atoms with Gasteiger partial charge in [0.05, 0.1) is 0 Å². The summed E-state index contributed by atoms with van der Waals surface area (Å²) in [6, 6.07) is 0. The summed E-state index contributed by atoms with van der Waals surface area (Å²) in [7, 11) is 1.54. The van der Waals surface area contributed by atoms with Crippen LogP contribution in [0.25, 0.3) is 0 Å². The lowest BCUT2D eigenvalue weighted by atomic mass is 10.2. The molecule has 1 aliphatic heterocycles. The summed E-state index contributed by atoms with van der Waals surface area (Å²) >= 11 is 5.18. The van der Waals surface area contributed by atoms with Gasteiger partial charge in [0.1, 0.15) is 12.7 Å². The van der Waals surface area contributed by atoms with E-state index in [1.165, 1.54) is 4.90 Å². The smallest absolute Gasteiger partial charge is 0.445 e. The average molecular weight is 294 g/mol. The summed E-state index contributed by atoms with van der Waals surface area (Å²) in [5.74, 6) is 0. The number of nitrogens with zero attached hydrogens (tertiary/aromatic N) is 1. The van der Waals surface area contributed by atoms with E-state index in [0.29, 0.717) is 13.0 Å². The molecule has 1 heterocycles. The molecule has 8 heteroatoms. The van der Waals surface area contributed by atoms with Crippen LogP contribution in [0.4, 0.5) is 9.59 Å². The van der Waals surface area contributed by atoms with E-state index in [-0.39, 0.29) is 13.0 Å². The van der Waals surface area contributed by atoms with E-state index in [1.807, 2.05) is 0 Å². The summed E-state index contributed by atoms with van der Waals surface area (Å²) in [6.45, 7) is 1.94. The third-order valence-corrected chi connectivity index (χ3v) is 2.79. The molecule has 1 rings (SSSR count). The normalized spacial score (nSPS) is 21.5. The lowest BCUT2D eigenvalue weighted by Crippen LogP contribution is -2.33. The van der Waals surface area contributed by atoms with Crippen molar-refractivity contribution in [2.45, 2.75) is 32.0 Å². The van der Waals surface area contributed by atoms with Crippen molar-refractivity contribution in [3.8, 4) is 0 Å². The second-order valence-electron chi connectivity index (χ2n) is 4.19. The van der Waals surface area contributed by atoms with Gasteiger partial charge in [-0.2, -0.15) is 0 Å². The van der Waals surface area contributed by atoms with Crippen LogP contribution >= 0.6 is 11.6 Å². The van der Waals surface area contributed by atoms with E-state index in [0.717, 1.165) is 0 Å². The predicted octanol–water partition coefficient (Wildman–Crippen LogP) is 1.52. The van der Waals surface area contributed by atoms with Crippen molar-refractivity contribution in [2.24, 2.45) is 0 Å². The molecule has 19 heavy (non-hydrogen) atoms. The standard InChI is InChI=1S/C11H16ClNO6/c1-7-8(19-11(16)18-7)6-17-10(15)13(2)5-3-4-9(12)14/h7-8H,3-6H2,1-2H3. The van der Waals surface area contributed by atoms with Crippen LogP contribution in [0.1, 0.15) is 19.8 Å². The molecule has 1 saturated heterocycles. The van der Waals surface area contributed by atoms with E-state index < -0.39 is 29.7 Å². The van der Waals surface area contributed by atoms with Crippen LogP contribution in [0, 0.1) is 0 Å². The zero-order chi connectivity index (χ0) is 14.4. The van der Waals surface area contributed by atoms with Crippen LogP contribution in [0.15, 0.2) is 0 Å². The van der Waals surface area contributed by atoms with Gasteiger partial charge in [-0.1, -0.05) is 0 Å². The first-order valence-electron chi connectivity index (χ1n) is 5.83. The Kier molecular flexibility index (Phi) is 5.88. The van der Waals surface area contributed by atoms with Crippen molar-refractivity contribution in [1.29, 1.82) is 0 Å². The topological polar surface area (TPSA) is 82.1 Å². The fraction of sp³-hybridized carbons (Fsp3) is 0.727. The van der Waals surface area contributed by atoms with Gasteiger partial charge in [-0.05, 0) is 24.9 Å². The van der Waals surface area contributed by atoms with E-state index in [4.69, 9.17) is 25.8 Å². The Morgan fingerprint density at radius 2 is 2.11 bits per heavy atom. The van der Waals surface area contributed by atoms with Crippen molar-refractivity contribution in [2.75, 3.05) is 20.2 Å². The molecule has 0 spiro atoms. The first-order valence-corrected chi connectivity index (χ1v) is 6.21. The van der Waals surface area contributed by atoms with Crippen molar-refractivity contribution in [1.82, 2.24) is 4.90 Å². The third kappa shape index (κ3) is 5.34. The molecule has 1 fully saturated rings. The third-order valence-electron chi connectivity index (χ3n) is 2.60. The van der Waals surface area contributed by atoms with Gasteiger partial charge in [0.15, 0.2) is 6.10 Å². The highest BCUT2D eigenvalue weighted by molar-refractivity contribution is 6.63. The van der Waals surface area contributed by atoms with Crippen LogP contribution < -0.4 is 0 Å². The van der Waals surface area contributed by atoms with Crippen molar-refractivity contribution in [3.05, 3.63) is 0 Å². The Morgan fingerprint density at radius 3 is 2.63 bits per heavy atom. The van der Waals surface area contributed by atoms with Gasteiger partial charge in [-0.25, -0.2) is 9.59 Å². The summed E-state index contributed by atoms with van der Waals surface area (Å²) in [5.41, 5.74) is 0. The molecule has 0 saturated carbocycles. The Labute approximate surface area is 115 Å². The Balaban J connectivity index is 2.23. The molecule has 7 nitrogen and oxygen atoms in total. The number of carbonyl (C=O) groups is 3. The number of ether oxygens (including phenoxy) is 3. The molecule has 2 unspecified atom stereocenters. The molecular weight excluding hydrogens is 278 g/mol. The van der Waals surface area contributed by atoms with Gasteiger partial charge in [0, 0.05) is 20.0 Å². The van der Waals surface area contributed by atoms with E-state index in [9.17, 15) is 14.4 Å². The second kappa shape index (κ2) is 7.18. The number of hydrogen-bond acceptors (Lipinski definition) is 6. The maximum atomic E-state index is 11.6.